The molecule has 0 spiro atoms. The summed E-state index contributed by atoms with van der Waals surface area (Å²) in [5, 5.41) is 8.39. The Balaban J connectivity index is 3.24. The summed E-state index contributed by atoms with van der Waals surface area (Å²) in [5.41, 5.74) is -1.05. The Hall–Kier alpha value is -1.38. The van der Waals surface area contributed by atoms with E-state index in [0.29, 0.717) is 0 Å². The number of halogens is 5. The summed E-state index contributed by atoms with van der Waals surface area (Å²) in [6.45, 7) is 0. The van der Waals surface area contributed by atoms with Gasteiger partial charge in [-0.2, -0.15) is 9.37 Å². The lowest BCUT2D eigenvalue weighted by atomic mass is 10.2. The molecule has 1 rings (SSSR count). The summed E-state index contributed by atoms with van der Waals surface area (Å²) in [6.07, 6.45) is -5.03. The first-order chi connectivity index (χ1) is 7.74. The van der Waals surface area contributed by atoms with Crippen molar-refractivity contribution in [2.45, 2.75) is 11.7 Å². The normalized spacial score (nSPS) is 11.4. The zero-order valence-corrected chi connectivity index (χ0v) is 9.47. The maximum Gasteiger partial charge on any atom is 0.574 e. The van der Waals surface area contributed by atoms with E-state index in [2.05, 4.69) is 25.7 Å². The second-order valence-electron chi connectivity index (χ2n) is 2.78. The van der Waals surface area contributed by atoms with Crippen molar-refractivity contribution in [3.8, 4) is 5.88 Å². The molecule has 0 unspecified atom stereocenters. The van der Waals surface area contributed by atoms with Crippen molar-refractivity contribution in [3.05, 3.63) is 23.1 Å². The summed E-state index contributed by atoms with van der Waals surface area (Å²) < 4.78 is 52.3. The van der Waals surface area contributed by atoms with Gasteiger partial charge >= 0.3 is 12.3 Å². The molecular weight excluding hydrogens is 314 g/mol. The van der Waals surface area contributed by atoms with E-state index in [1.807, 2.05) is 0 Å². The number of alkyl halides is 4. The standard InChI is InChI=1S/C8H4BrF4NO3/c9-2-3-1-4(7(15)16)5(10)14-6(3)17-8(11,12)13/h1H,2H2,(H,15,16). The molecule has 1 N–H and O–H groups in total. The van der Waals surface area contributed by atoms with Crippen molar-refractivity contribution in [3.63, 3.8) is 0 Å². The molecule has 0 bridgehead atoms. The highest BCUT2D eigenvalue weighted by Gasteiger charge is 2.33. The summed E-state index contributed by atoms with van der Waals surface area (Å²) in [4.78, 5) is 13.4. The fraction of sp³-hybridized carbons (Fsp3) is 0.250. The van der Waals surface area contributed by atoms with Crippen LogP contribution in [0.15, 0.2) is 6.07 Å². The molecule has 4 nitrogen and oxygen atoms in total. The van der Waals surface area contributed by atoms with E-state index in [4.69, 9.17) is 5.11 Å². The quantitative estimate of drug-likeness (QED) is 0.529. The maximum absolute atomic E-state index is 13.0. The Morgan fingerprint density at radius 3 is 2.53 bits per heavy atom. The molecule has 0 aliphatic heterocycles. The molecular formula is C8H4BrF4NO3. The van der Waals surface area contributed by atoms with Gasteiger partial charge in [-0.15, -0.1) is 13.2 Å². The van der Waals surface area contributed by atoms with Gasteiger partial charge in [0.2, 0.25) is 11.8 Å². The van der Waals surface area contributed by atoms with Gasteiger partial charge in [0.1, 0.15) is 5.56 Å². The monoisotopic (exact) mass is 317 g/mol. The minimum Gasteiger partial charge on any atom is -0.478 e. The van der Waals surface area contributed by atoms with Crippen molar-refractivity contribution in [1.82, 2.24) is 4.98 Å². The largest absolute Gasteiger partial charge is 0.574 e. The lowest BCUT2D eigenvalue weighted by Gasteiger charge is -2.11. The zero-order valence-electron chi connectivity index (χ0n) is 7.89. The molecule has 0 aromatic carbocycles. The van der Waals surface area contributed by atoms with Gasteiger partial charge in [-0.1, -0.05) is 15.9 Å². The molecule has 0 aliphatic rings. The number of pyridine rings is 1. The number of carboxylic acids is 1. The van der Waals surface area contributed by atoms with Crippen LogP contribution in [-0.2, 0) is 5.33 Å². The third-order valence-corrected chi connectivity index (χ3v) is 2.21. The number of ether oxygens (including phenoxy) is 1. The number of hydrogen-bond acceptors (Lipinski definition) is 3. The number of carboxylic acid groups (broad SMARTS) is 1. The second kappa shape index (κ2) is 4.86. The van der Waals surface area contributed by atoms with E-state index in [1.54, 1.807) is 0 Å². The van der Waals surface area contributed by atoms with Crippen LogP contribution in [0.25, 0.3) is 0 Å². The average Bonchev–Trinajstić information content (AvgIpc) is 2.14. The highest BCUT2D eigenvalue weighted by molar-refractivity contribution is 9.08. The molecule has 9 heteroatoms. The fourth-order valence-corrected chi connectivity index (χ4v) is 1.36. The lowest BCUT2D eigenvalue weighted by Crippen LogP contribution is -2.20. The number of rotatable bonds is 3. The first-order valence-corrected chi connectivity index (χ1v) is 5.11. The number of hydrogen-bond donors (Lipinski definition) is 1. The van der Waals surface area contributed by atoms with Crippen molar-refractivity contribution < 1.29 is 32.2 Å². The van der Waals surface area contributed by atoms with Gasteiger partial charge in [-0.05, 0) is 6.07 Å². The first-order valence-electron chi connectivity index (χ1n) is 3.99. The predicted molar refractivity (Wildman–Crippen MR) is 50.5 cm³/mol. The van der Waals surface area contributed by atoms with Gasteiger partial charge in [-0.25, -0.2) is 4.79 Å². The molecule has 0 saturated heterocycles. The van der Waals surface area contributed by atoms with Gasteiger partial charge in [-0.3, -0.25) is 0 Å². The number of carbonyl (C=O) groups is 1. The van der Waals surface area contributed by atoms with Crippen LogP contribution in [0.1, 0.15) is 15.9 Å². The molecule has 1 heterocycles. The summed E-state index contributed by atoms with van der Waals surface area (Å²) in [5.74, 6) is -4.19. The lowest BCUT2D eigenvalue weighted by molar-refractivity contribution is -0.276. The van der Waals surface area contributed by atoms with Gasteiger partial charge in [0.15, 0.2) is 0 Å². The predicted octanol–water partition coefficient (Wildman–Crippen LogP) is 2.71. The highest BCUT2D eigenvalue weighted by Crippen LogP contribution is 2.27. The third kappa shape index (κ3) is 3.55. The summed E-state index contributed by atoms with van der Waals surface area (Å²) >= 11 is 2.82. The van der Waals surface area contributed by atoms with E-state index < -0.39 is 29.7 Å². The van der Waals surface area contributed by atoms with Crippen LogP contribution < -0.4 is 4.74 Å². The third-order valence-electron chi connectivity index (χ3n) is 1.60. The second-order valence-corrected chi connectivity index (χ2v) is 3.34. The van der Waals surface area contributed by atoms with E-state index in [1.165, 1.54) is 0 Å². The SMILES string of the molecule is O=C(O)c1cc(CBr)c(OC(F)(F)F)nc1F. The van der Waals surface area contributed by atoms with E-state index in [0.717, 1.165) is 6.07 Å². The first kappa shape index (κ1) is 13.7. The molecule has 0 fully saturated rings. The molecule has 0 atom stereocenters. The summed E-state index contributed by atoms with van der Waals surface area (Å²) in [7, 11) is 0. The molecule has 0 aliphatic carbocycles. The van der Waals surface area contributed by atoms with Crippen LogP contribution in [0.3, 0.4) is 0 Å². The number of aromatic nitrogens is 1. The Kier molecular flexibility index (Phi) is 3.91. The summed E-state index contributed by atoms with van der Waals surface area (Å²) in [6, 6.07) is 0.723. The van der Waals surface area contributed by atoms with Crippen molar-refractivity contribution >= 4 is 21.9 Å². The van der Waals surface area contributed by atoms with Gasteiger partial charge in [0, 0.05) is 10.9 Å². The average molecular weight is 318 g/mol. The molecule has 94 valence electrons. The topological polar surface area (TPSA) is 59.4 Å². The van der Waals surface area contributed by atoms with Crippen LogP contribution in [0.4, 0.5) is 17.6 Å². The van der Waals surface area contributed by atoms with Crippen LogP contribution in [0.5, 0.6) is 5.88 Å². The zero-order chi connectivity index (χ0) is 13.2. The van der Waals surface area contributed by atoms with Gasteiger partial charge < -0.3 is 9.84 Å². The van der Waals surface area contributed by atoms with Gasteiger partial charge in [0.25, 0.3) is 0 Å². The Labute approximate surface area is 100 Å². The molecule has 0 saturated carbocycles. The van der Waals surface area contributed by atoms with Crippen molar-refractivity contribution in [2.75, 3.05) is 0 Å². The van der Waals surface area contributed by atoms with Crippen molar-refractivity contribution in [2.24, 2.45) is 0 Å². The van der Waals surface area contributed by atoms with Crippen LogP contribution in [-0.4, -0.2) is 22.4 Å². The van der Waals surface area contributed by atoms with Crippen LogP contribution >= 0.6 is 15.9 Å². The molecule has 17 heavy (non-hydrogen) atoms. The minimum atomic E-state index is -5.03. The number of nitrogens with zero attached hydrogens (tertiary/aromatic N) is 1. The van der Waals surface area contributed by atoms with Gasteiger partial charge in [0.05, 0.1) is 0 Å². The number of aromatic carboxylic acids is 1. The smallest absolute Gasteiger partial charge is 0.478 e. The maximum atomic E-state index is 13.0. The van der Waals surface area contributed by atoms with E-state index >= 15 is 0 Å². The Morgan fingerprint density at radius 2 is 2.12 bits per heavy atom. The van der Waals surface area contributed by atoms with Crippen LogP contribution in [0, 0.1) is 5.95 Å². The molecule has 0 radical (unpaired) electrons. The molecule has 1 aromatic heterocycles. The Bertz CT molecular complexity index is 449. The fourth-order valence-electron chi connectivity index (χ4n) is 0.960. The Morgan fingerprint density at radius 1 is 1.53 bits per heavy atom. The van der Waals surface area contributed by atoms with E-state index in [9.17, 15) is 22.4 Å². The molecule has 0 amide bonds. The highest BCUT2D eigenvalue weighted by atomic mass is 79.9. The molecule has 1 aromatic rings. The van der Waals surface area contributed by atoms with Crippen LogP contribution in [0.2, 0.25) is 0 Å². The minimum absolute atomic E-state index is 0.161. The van der Waals surface area contributed by atoms with E-state index in [-0.39, 0.29) is 10.9 Å². The van der Waals surface area contributed by atoms with Crippen molar-refractivity contribution in [1.29, 1.82) is 0 Å².